The van der Waals surface area contributed by atoms with Gasteiger partial charge in [0.1, 0.15) is 17.0 Å². The van der Waals surface area contributed by atoms with E-state index in [1.54, 1.807) is 72.9 Å². The summed E-state index contributed by atoms with van der Waals surface area (Å²) < 4.78 is 10.8. The molecular formula is C23H31N5O6. The SMILES string of the molecule is CNc1ccc([N+](=O)[O-])c(Nc2cccc(CN(C(=O)OC(C)(C)C)C(=O)OC(C)(C)C)c2)n1. The lowest BCUT2D eigenvalue weighted by Crippen LogP contribution is -2.43. The summed E-state index contributed by atoms with van der Waals surface area (Å²) in [5.74, 6) is 0.496. The van der Waals surface area contributed by atoms with Gasteiger partial charge in [0.15, 0.2) is 0 Å². The number of rotatable bonds is 6. The van der Waals surface area contributed by atoms with Crippen LogP contribution in [-0.4, -0.2) is 45.2 Å². The van der Waals surface area contributed by atoms with Gasteiger partial charge in [0, 0.05) is 18.8 Å². The fraction of sp³-hybridized carbons (Fsp3) is 0.435. The Labute approximate surface area is 198 Å². The van der Waals surface area contributed by atoms with Crippen LogP contribution in [-0.2, 0) is 16.0 Å². The molecule has 11 nitrogen and oxygen atoms in total. The maximum absolute atomic E-state index is 12.8. The van der Waals surface area contributed by atoms with E-state index in [2.05, 4.69) is 15.6 Å². The number of nitrogens with zero attached hydrogens (tertiary/aromatic N) is 3. The van der Waals surface area contributed by atoms with Crippen molar-refractivity contribution >= 4 is 35.2 Å². The second-order valence-corrected chi connectivity index (χ2v) is 9.44. The third-order valence-corrected chi connectivity index (χ3v) is 4.08. The average molecular weight is 474 g/mol. The zero-order valence-electron chi connectivity index (χ0n) is 20.5. The largest absolute Gasteiger partial charge is 0.443 e. The lowest BCUT2D eigenvalue weighted by atomic mass is 10.2. The maximum Gasteiger partial charge on any atom is 0.420 e. The molecule has 2 aromatic rings. The second-order valence-electron chi connectivity index (χ2n) is 9.44. The quantitative estimate of drug-likeness (QED) is 0.414. The Morgan fingerprint density at radius 1 is 1.03 bits per heavy atom. The van der Waals surface area contributed by atoms with E-state index in [1.807, 2.05) is 0 Å². The van der Waals surface area contributed by atoms with Crippen LogP contribution in [0.1, 0.15) is 47.1 Å². The van der Waals surface area contributed by atoms with Gasteiger partial charge in [-0.05, 0) is 65.3 Å². The van der Waals surface area contributed by atoms with E-state index in [0.717, 1.165) is 4.90 Å². The van der Waals surface area contributed by atoms with E-state index >= 15 is 0 Å². The number of benzene rings is 1. The normalized spacial score (nSPS) is 11.4. The molecule has 0 unspecified atom stereocenters. The first-order valence-electron chi connectivity index (χ1n) is 10.6. The minimum atomic E-state index is -0.848. The maximum atomic E-state index is 12.8. The molecule has 2 N–H and O–H groups in total. The summed E-state index contributed by atoms with van der Waals surface area (Å²) >= 11 is 0. The van der Waals surface area contributed by atoms with Gasteiger partial charge in [-0.2, -0.15) is 0 Å². The first-order chi connectivity index (χ1) is 15.7. The van der Waals surface area contributed by atoms with E-state index in [-0.39, 0.29) is 18.1 Å². The van der Waals surface area contributed by atoms with Crippen molar-refractivity contribution in [3.63, 3.8) is 0 Å². The van der Waals surface area contributed by atoms with E-state index in [1.165, 1.54) is 12.1 Å². The molecule has 0 spiro atoms. The molecule has 0 bridgehead atoms. The molecule has 0 saturated heterocycles. The molecule has 0 aliphatic rings. The number of imide groups is 1. The number of carbonyl (C=O) groups excluding carboxylic acids is 2. The third kappa shape index (κ3) is 7.91. The first-order valence-corrected chi connectivity index (χ1v) is 10.6. The number of aromatic nitrogens is 1. The Hall–Kier alpha value is -3.89. The summed E-state index contributed by atoms with van der Waals surface area (Å²) in [5.41, 5.74) is -0.787. The highest BCUT2D eigenvalue weighted by Crippen LogP contribution is 2.28. The first kappa shape index (κ1) is 26.4. The van der Waals surface area contributed by atoms with E-state index < -0.39 is 28.3 Å². The van der Waals surface area contributed by atoms with Gasteiger partial charge < -0.3 is 20.1 Å². The van der Waals surface area contributed by atoms with Gasteiger partial charge in [0.05, 0.1) is 11.5 Å². The molecule has 2 rings (SSSR count). The van der Waals surface area contributed by atoms with Crippen LogP contribution in [0.25, 0.3) is 0 Å². The number of carbonyl (C=O) groups is 2. The molecule has 11 heteroatoms. The number of ether oxygens (including phenoxy) is 2. The molecule has 1 heterocycles. The molecule has 2 amide bonds. The minimum absolute atomic E-state index is 0.0464. The lowest BCUT2D eigenvalue weighted by molar-refractivity contribution is -0.384. The molecule has 1 aromatic carbocycles. The molecule has 184 valence electrons. The highest BCUT2D eigenvalue weighted by Gasteiger charge is 2.31. The van der Waals surface area contributed by atoms with Gasteiger partial charge in [-0.1, -0.05) is 12.1 Å². The standard InChI is InChI=1S/C23H31N5O6/c1-22(2,3)33-20(29)27(21(30)34-23(4,5)6)14-15-9-8-10-16(13-15)25-19-17(28(31)32)11-12-18(24-7)26-19/h8-13H,14H2,1-7H3,(H2,24,25,26). The smallest absolute Gasteiger partial charge is 0.420 e. The zero-order valence-corrected chi connectivity index (χ0v) is 20.5. The van der Waals surface area contributed by atoms with Crippen molar-refractivity contribution in [3.05, 3.63) is 52.1 Å². The number of amides is 2. The minimum Gasteiger partial charge on any atom is -0.443 e. The van der Waals surface area contributed by atoms with Crippen LogP contribution in [0, 0.1) is 10.1 Å². The summed E-state index contributed by atoms with van der Waals surface area (Å²) in [5, 5.41) is 17.2. The van der Waals surface area contributed by atoms with Crippen molar-refractivity contribution in [2.24, 2.45) is 0 Å². The molecule has 0 aliphatic heterocycles. The summed E-state index contributed by atoms with van der Waals surface area (Å²) in [4.78, 5) is 41.5. The Balaban J connectivity index is 2.34. The number of anilines is 3. The van der Waals surface area contributed by atoms with Gasteiger partial charge in [-0.25, -0.2) is 19.5 Å². The predicted molar refractivity (Wildman–Crippen MR) is 128 cm³/mol. The lowest BCUT2D eigenvalue weighted by Gasteiger charge is -2.28. The number of pyridine rings is 1. The van der Waals surface area contributed by atoms with Crippen LogP contribution in [0.2, 0.25) is 0 Å². The highest BCUT2D eigenvalue weighted by molar-refractivity contribution is 5.88. The Morgan fingerprint density at radius 2 is 1.62 bits per heavy atom. The second kappa shape index (κ2) is 10.4. The number of nitrogens with one attached hydrogen (secondary N) is 2. The van der Waals surface area contributed by atoms with Gasteiger partial charge in [-0.15, -0.1) is 0 Å². The van der Waals surface area contributed by atoms with Crippen LogP contribution in [0.15, 0.2) is 36.4 Å². The fourth-order valence-corrected chi connectivity index (χ4v) is 2.73. The summed E-state index contributed by atoms with van der Waals surface area (Å²) in [7, 11) is 1.65. The van der Waals surface area contributed by atoms with E-state index in [0.29, 0.717) is 17.1 Å². The van der Waals surface area contributed by atoms with Crippen molar-refractivity contribution in [1.29, 1.82) is 0 Å². The predicted octanol–water partition coefficient (Wildman–Crippen LogP) is 5.45. The van der Waals surface area contributed by atoms with Crippen LogP contribution < -0.4 is 10.6 Å². The zero-order chi connectivity index (χ0) is 25.7. The third-order valence-electron chi connectivity index (χ3n) is 4.08. The molecule has 0 radical (unpaired) electrons. The van der Waals surface area contributed by atoms with Crippen LogP contribution in [0.5, 0.6) is 0 Å². The molecule has 0 saturated carbocycles. The fourth-order valence-electron chi connectivity index (χ4n) is 2.73. The topological polar surface area (TPSA) is 136 Å². The van der Waals surface area contributed by atoms with E-state index in [9.17, 15) is 19.7 Å². The summed E-state index contributed by atoms with van der Waals surface area (Å²) in [6, 6.07) is 9.58. The Morgan fingerprint density at radius 3 is 2.12 bits per heavy atom. The van der Waals surface area contributed by atoms with Crippen molar-refractivity contribution in [1.82, 2.24) is 9.88 Å². The molecule has 0 fully saturated rings. The van der Waals surface area contributed by atoms with Crippen LogP contribution in [0.4, 0.5) is 32.6 Å². The van der Waals surface area contributed by atoms with Gasteiger partial charge >= 0.3 is 17.9 Å². The molecule has 0 atom stereocenters. The molecule has 34 heavy (non-hydrogen) atoms. The van der Waals surface area contributed by atoms with Crippen LogP contribution >= 0.6 is 0 Å². The van der Waals surface area contributed by atoms with Crippen molar-refractivity contribution in [2.75, 3.05) is 17.7 Å². The molecule has 0 aliphatic carbocycles. The monoisotopic (exact) mass is 473 g/mol. The summed E-state index contributed by atoms with van der Waals surface area (Å²) in [6.45, 7) is 10.0. The van der Waals surface area contributed by atoms with Crippen molar-refractivity contribution < 1.29 is 24.0 Å². The van der Waals surface area contributed by atoms with Crippen molar-refractivity contribution in [3.8, 4) is 0 Å². The van der Waals surface area contributed by atoms with Gasteiger partial charge in [-0.3, -0.25) is 10.1 Å². The average Bonchev–Trinajstić information content (AvgIpc) is 2.69. The highest BCUT2D eigenvalue weighted by atomic mass is 16.6. The van der Waals surface area contributed by atoms with E-state index in [4.69, 9.17) is 9.47 Å². The Bertz CT molecular complexity index is 1030. The Kier molecular flexibility index (Phi) is 8.04. The molecule has 1 aromatic heterocycles. The number of nitro groups is 1. The van der Waals surface area contributed by atoms with Gasteiger partial charge in [0.25, 0.3) is 0 Å². The van der Waals surface area contributed by atoms with Crippen molar-refractivity contribution in [2.45, 2.75) is 59.3 Å². The summed E-state index contributed by atoms with van der Waals surface area (Å²) in [6.07, 6.45) is -1.70. The molecular weight excluding hydrogens is 442 g/mol. The number of hydrogen-bond acceptors (Lipinski definition) is 9. The number of hydrogen-bond donors (Lipinski definition) is 2. The van der Waals surface area contributed by atoms with Crippen LogP contribution in [0.3, 0.4) is 0 Å². The van der Waals surface area contributed by atoms with Gasteiger partial charge in [0.2, 0.25) is 5.82 Å².